The third kappa shape index (κ3) is 3.83. The third-order valence-corrected chi connectivity index (χ3v) is 2.73. The van der Waals surface area contributed by atoms with Crippen LogP contribution in [0.1, 0.15) is 26.4 Å². The maximum atomic E-state index is 12.7. The molecular formula is C14H12FN3O3. The van der Waals surface area contributed by atoms with E-state index >= 15 is 0 Å². The van der Waals surface area contributed by atoms with E-state index in [1.165, 1.54) is 35.9 Å². The number of nitrogens with one attached hydrogen (secondary N) is 2. The number of carbonyl (C=O) groups excluding carboxylic acids is 2. The molecule has 0 atom stereocenters. The van der Waals surface area contributed by atoms with Crippen LogP contribution in [0.2, 0.25) is 0 Å². The lowest BCUT2D eigenvalue weighted by molar-refractivity contribution is 0.0700. The molecule has 0 aliphatic heterocycles. The van der Waals surface area contributed by atoms with E-state index in [4.69, 9.17) is 5.21 Å². The van der Waals surface area contributed by atoms with Gasteiger partial charge in [-0.05, 0) is 29.8 Å². The monoisotopic (exact) mass is 289 g/mol. The Kier molecular flexibility index (Phi) is 4.57. The van der Waals surface area contributed by atoms with E-state index in [0.29, 0.717) is 0 Å². The summed E-state index contributed by atoms with van der Waals surface area (Å²) in [6, 6.07) is 8.50. The molecule has 2 rings (SSSR count). The highest BCUT2D eigenvalue weighted by Gasteiger charge is 2.09. The van der Waals surface area contributed by atoms with Gasteiger partial charge in [0.05, 0.1) is 5.56 Å². The Balaban J connectivity index is 1.97. The van der Waals surface area contributed by atoms with Crippen molar-refractivity contribution in [1.29, 1.82) is 0 Å². The van der Waals surface area contributed by atoms with Gasteiger partial charge < -0.3 is 5.32 Å². The number of carbonyl (C=O) groups is 2. The fraction of sp³-hybridized carbons (Fsp3) is 0.0714. The zero-order chi connectivity index (χ0) is 15.2. The fourth-order valence-corrected chi connectivity index (χ4v) is 1.61. The van der Waals surface area contributed by atoms with Crippen LogP contribution in [0.3, 0.4) is 0 Å². The molecule has 1 heterocycles. The normalized spacial score (nSPS) is 10.0. The second-order valence-electron chi connectivity index (χ2n) is 4.18. The van der Waals surface area contributed by atoms with Crippen LogP contribution in [0.5, 0.6) is 0 Å². The van der Waals surface area contributed by atoms with E-state index in [0.717, 1.165) is 5.56 Å². The summed E-state index contributed by atoms with van der Waals surface area (Å²) < 4.78 is 12.7. The summed E-state index contributed by atoms with van der Waals surface area (Å²) in [5.41, 5.74) is 2.47. The van der Waals surface area contributed by atoms with Gasteiger partial charge in [0.2, 0.25) is 0 Å². The predicted molar refractivity (Wildman–Crippen MR) is 71.1 cm³/mol. The molecule has 1 aromatic carbocycles. The van der Waals surface area contributed by atoms with Crippen molar-refractivity contribution in [3.05, 3.63) is 65.2 Å². The number of amides is 2. The summed E-state index contributed by atoms with van der Waals surface area (Å²) in [6.07, 6.45) is 1.23. The van der Waals surface area contributed by atoms with Crippen molar-refractivity contribution in [3.8, 4) is 0 Å². The number of hydrogen-bond acceptors (Lipinski definition) is 4. The maximum absolute atomic E-state index is 12.7. The molecule has 0 spiro atoms. The van der Waals surface area contributed by atoms with Crippen LogP contribution in [0.25, 0.3) is 0 Å². The number of nitrogens with zero attached hydrogens (tertiary/aromatic N) is 1. The van der Waals surface area contributed by atoms with Crippen LogP contribution < -0.4 is 10.8 Å². The molecule has 1 aromatic heterocycles. The molecule has 6 nitrogen and oxygen atoms in total. The van der Waals surface area contributed by atoms with Gasteiger partial charge in [0, 0.05) is 12.7 Å². The summed E-state index contributed by atoms with van der Waals surface area (Å²) in [5, 5.41) is 11.1. The number of rotatable bonds is 4. The number of pyridine rings is 1. The summed E-state index contributed by atoms with van der Waals surface area (Å²) in [4.78, 5) is 26.7. The van der Waals surface area contributed by atoms with Crippen molar-refractivity contribution < 1.29 is 19.2 Å². The summed E-state index contributed by atoms with van der Waals surface area (Å²) >= 11 is 0. The smallest absolute Gasteiger partial charge is 0.293 e. The average Bonchev–Trinajstić information content (AvgIpc) is 2.53. The van der Waals surface area contributed by atoms with Crippen LogP contribution in [0.15, 0.2) is 42.6 Å². The lowest BCUT2D eigenvalue weighted by atomic mass is 10.2. The number of halogens is 1. The minimum atomic E-state index is -0.756. The molecule has 0 bridgehead atoms. The highest BCUT2D eigenvalue weighted by Crippen LogP contribution is 2.04. The van der Waals surface area contributed by atoms with Crippen LogP contribution in [0, 0.1) is 5.82 Å². The zero-order valence-electron chi connectivity index (χ0n) is 10.8. The molecule has 3 N–H and O–H groups in total. The zero-order valence-corrected chi connectivity index (χ0v) is 10.8. The Hall–Kier alpha value is -2.80. The van der Waals surface area contributed by atoms with Crippen LogP contribution >= 0.6 is 0 Å². The quantitative estimate of drug-likeness (QED) is 0.584. The second kappa shape index (κ2) is 6.58. The number of hydrogen-bond donors (Lipinski definition) is 3. The van der Waals surface area contributed by atoms with E-state index in [2.05, 4.69) is 10.3 Å². The first kappa shape index (κ1) is 14.6. The molecule has 7 heteroatoms. The van der Waals surface area contributed by atoms with Crippen molar-refractivity contribution in [1.82, 2.24) is 15.8 Å². The average molecular weight is 289 g/mol. The van der Waals surface area contributed by atoms with Gasteiger partial charge in [-0.1, -0.05) is 12.1 Å². The van der Waals surface area contributed by atoms with E-state index in [9.17, 15) is 14.0 Å². The third-order valence-electron chi connectivity index (χ3n) is 2.73. The molecule has 0 aliphatic carbocycles. The Labute approximate surface area is 119 Å². The minimum Gasteiger partial charge on any atom is -0.348 e. The minimum absolute atomic E-state index is 0.00687. The van der Waals surface area contributed by atoms with Crippen LogP contribution in [-0.2, 0) is 6.54 Å². The molecular weight excluding hydrogens is 277 g/mol. The molecule has 108 valence electrons. The van der Waals surface area contributed by atoms with Crippen molar-refractivity contribution >= 4 is 11.8 Å². The molecule has 2 amide bonds. The highest BCUT2D eigenvalue weighted by atomic mass is 19.1. The topological polar surface area (TPSA) is 91.3 Å². The first-order valence-corrected chi connectivity index (χ1v) is 6.03. The van der Waals surface area contributed by atoms with Gasteiger partial charge >= 0.3 is 0 Å². The first-order valence-electron chi connectivity index (χ1n) is 6.03. The number of hydroxylamine groups is 1. The highest BCUT2D eigenvalue weighted by molar-refractivity contribution is 5.95. The van der Waals surface area contributed by atoms with Gasteiger partial charge in [-0.2, -0.15) is 0 Å². The second-order valence-corrected chi connectivity index (χ2v) is 4.18. The van der Waals surface area contributed by atoms with Crippen molar-refractivity contribution in [2.45, 2.75) is 6.54 Å². The molecule has 0 radical (unpaired) electrons. The number of aromatic nitrogens is 1. The van der Waals surface area contributed by atoms with E-state index < -0.39 is 5.91 Å². The predicted octanol–water partition coefficient (Wildman–Crippen LogP) is 1.27. The van der Waals surface area contributed by atoms with E-state index in [-0.39, 0.29) is 29.5 Å². The summed E-state index contributed by atoms with van der Waals surface area (Å²) in [6.45, 7) is 0.248. The summed E-state index contributed by atoms with van der Waals surface area (Å²) in [5.74, 6) is -1.47. The van der Waals surface area contributed by atoms with Crippen LogP contribution in [0.4, 0.5) is 4.39 Å². The van der Waals surface area contributed by atoms with E-state index in [1.54, 1.807) is 12.1 Å². The lowest BCUT2D eigenvalue weighted by Crippen LogP contribution is -2.24. The van der Waals surface area contributed by atoms with Gasteiger partial charge in [0.25, 0.3) is 11.8 Å². The van der Waals surface area contributed by atoms with Gasteiger partial charge in [0.15, 0.2) is 0 Å². The molecule has 2 aromatic rings. The van der Waals surface area contributed by atoms with Gasteiger partial charge in [-0.15, -0.1) is 0 Å². The standard InChI is InChI=1S/C14H12FN3O3/c15-11-4-1-9(2-5-11)7-17-13(19)10-3-6-12(16-8-10)14(20)18-21/h1-6,8,21H,7H2,(H,17,19)(H,18,20). The molecule has 0 saturated carbocycles. The Morgan fingerprint density at radius 1 is 1.10 bits per heavy atom. The first-order chi connectivity index (χ1) is 10.1. The molecule has 0 unspecified atom stereocenters. The Morgan fingerprint density at radius 2 is 1.81 bits per heavy atom. The van der Waals surface area contributed by atoms with Crippen molar-refractivity contribution in [2.24, 2.45) is 0 Å². The Morgan fingerprint density at radius 3 is 2.38 bits per heavy atom. The molecule has 21 heavy (non-hydrogen) atoms. The molecule has 0 saturated heterocycles. The largest absolute Gasteiger partial charge is 0.348 e. The van der Waals surface area contributed by atoms with Gasteiger partial charge in [0.1, 0.15) is 11.5 Å². The van der Waals surface area contributed by atoms with Crippen molar-refractivity contribution in [2.75, 3.05) is 0 Å². The lowest BCUT2D eigenvalue weighted by Gasteiger charge is -2.05. The molecule has 0 fully saturated rings. The fourth-order valence-electron chi connectivity index (χ4n) is 1.61. The van der Waals surface area contributed by atoms with Crippen molar-refractivity contribution in [3.63, 3.8) is 0 Å². The van der Waals surface area contributed by atoms with Gasteiger partial charge in [-0.3, -0.25) is 19.8 Å². The Bertz CT molecular complexity index is 642. The van der Waals surface area contributed by atoms with E-state index in [1.807, 2.05) is 0 Å². The van der Waals surface area contributed by atoms with Crippen LogP contribution in [-0.4, -0.2) is 22.0 Å². The number of benzene rings is 1. The SMILES string of the molecule is O=C(NCc1ccc(F)cc1)c1ccc(C(=O)NO)nc1. The summed E-state index contributed by atoms with van der Waals surface area (Å²) in [7, 11) is 0. The molecule has 0 aliphatic rings. The van der Waals surface area contributed by atoms with Gasteiger partial charge in [-0.25, -0.2) is 9.87 Å². The maximum Gasteiger partial charge on any atom is 0.293 e.